The molecule has 0 saturated heterocycles. The van der Waals surface area contributed by atoms with Gasteiger partial charge in [-0.3, -0.25) is 9.59 Å². The van der Waals surface area contributed by atoms with Crippen LogP contribution >= 0.6 is 0 Å². The minimum atomic E-state index is -0.952. The van der Waals surface area contributed by atoms with Gasteiger partial charge in [-0.1, -0.05) is 19.9 Å². The van der Waals surface area contributed by atoms with E-state index < -0.39 is 29.1 Å². The second kappa shape index (κ2) is 7.15. The zero-order valence-corrected chi connectivity index (χ0v) is 12.6. The van der Waals surface area contributed by atoms with E-state index in [1.54, 1.807) is 27.8 Å². The lowest BCUT2D eigenvalue weighted by Gasteiger charge is -2.26. The van der Waals surface area contributed by atoms with Gasteiger partial charge in [0, 0.05) is 13.6 Å². The fourth-order valence-electron chi connectivity index (χ4n) is 1.83. The number of rotatable bonds is 5. The molecule has 0 spiro atoms. The van der Waals surface area contributed by atoms with Crippen molar-refractivity contribution >= 4 is 11.8 Å². The molecule has 0 fully saturated rings. The number of carbonyl (C=O) groups is 2. The largest absolute Gasteiger partial charge is 0.344 e. The summed E-state index contributed by atoms with van der Waals surface area (Å²) < 4.78 is 27.2. The first-order valence-electron chi connectivity index (χ1n) is 6.79. The van der Waals surface area contributed by atoms with Crippen LogP contribution in [-0.2, 0) is 4.79 Å². The van der Waals surface area contributed by atoms with Gasteiger partial charge in [-0.15, -0.1) is 0 Å². The summed E-state index contributed by atoms with van der Waals surface area (Å²) in [7, 11) is 1.60. The molecule has 0 aliphatic rings. The summed E-state index contributed by atoms with van der Waals surface area (Å²) in [6.45, 7) is 5.79. The zero-order chi connectivity index (χ0) is 16.2. The molecular weight excluding hydrogens is 278 g/mol. The molecular formula is C15H20F2N2O2. The van der Waals surface area contributed by atoms with Gasteiger partial charge in [-0.2, -0.15) is 0 Å². The van der Waals surface area contributed by atoms with Gasteiger partial charge in [-0.25, -0.2) is 8.78 Å². The Morgan fingerprint density at radius 2 is 1.76 bits per heavy atom. The standard InChI is InChI=1S/C15H20F2N2O2/c1-5-19(4)15(21)13(9(2)3)18-14(20)12-10(16)7-6-8-11(12)17/h6-9,13H,5H2,1-4H3,(H,18,20). The smallest absolute Gasteiger partial charge is 0.257 e. The number of hydrogen-bond donors (Lipinski definition) is 1. The minimum absolute atomic E-state index is 0.203. The summed E-state index contributed by atoms with van der Waals surface area (Å²) in [5, 5.41) is 2.42. The van der Waals surface area contributed by atoms with E-state index >= 15 is 0 Å². The van der Waals surface area contributed by atoms with E-state index in [1.807, 2.05) is 0 Å². The molecule has 6 heteroatoms. The molecule has 1 aromatic rings. The van der Waals surface area contributed by atoms with Crippen molar-refractivity contribution in [2.75, 3.05) is 13.6 Å². The van der Waals surface area contributed by atoms with Gasteiger partial charge in [0.2, 0.25) is 5.91 Å². The van der Waals surface area contributed by atoms with Crippen LogP contribution in [0.4, 0.5) is 8.78 Å². The number of nitrogens with one attached hydrogen (secondary N) is 1. The first-order valence-corrected chi connectivity index (χ1v) is 6.79. The van der Waals surface area contributed by atoms with Crippen molar-refractivity contribution in [2.24, 2.45) is 5.92 Å². The van der Waals surface area contributed by atoms with E-state index in [0.717, 1.165) is 12.1 Å². The van der Waals surface area contributed by atoms with Gasteiger partial charge in [-0.05, 0) is 25.0 Å². The second-order valence-electron chi connectivity index (χ2n) is 5.14. The number of benzene rings is 1. The number of halogens is 2. The van der Waals surface area contributed by atoms with Crippen molar-refractivity contribution in [1.82, 2.24) is 10.2 Å². The third-order valence-electron chi connectivity index (χ3n) is 3.26. The van der Waals surface area contributed by atoms with Gasteiger partial charge in [0.05, 0.1) is 0 Å². The van der Waals surface area contributed by atoms with Crippen molar-refractivity contribution in [3.8, 4) is 0 Å². The zero-order valence-electron chi connectivity index (χ0n) is 12.6. The van der Waals surface area contributed by atoms with Gasteiger partial charge < -0.3 is 10.2 Å². The Bertz CT molecular complexity index is 512. The molecule has 0 aromatic heterocycles. The molecule has 0 bridgehead atoms. The topological polar surface area (TPSA) is 49.4 Å². The van der Waals surface area contributed by atoms with Crippen LogP contribution in [0.15, 0.2) is 18.2 Å². The third-order valence-corrected chi connectivity index (χ3v) is 3.26. The lowest BCUT2D eigenvalue weighted by Crippen LogP contribution is -2.50. The van der Waals surface area contributed by atoms with E-state index in [1.165, 1.54) is 11.0 Å². The first kappa shape index (κ1) is 17.1. The second-order valence-corrected chi connectivity index (χ2v) is 5.14. The van der Waals surface area contributed by atoms with Crippen molar-refractivity contribution in [2.45, 2.75) is 26.8 Å². The monoisotopic (exact) mass is 298 g/mol. The van der Waals surface area contributed by atoms with Crippen molar-refractivity contribution in [3.05, 3.63) is 35.4 Å². The number of nitrogens with zero attached hydrogens (tertiary/aromatic N) is 1. The predicted octanol–water partition coefficient (Wildman–Crippen LogP) is 2.20. The summed E-state index contributed by atoms with van der Waals surface area (Å²) in [6, 6.07) is 2.35. The minimum Gasteiger partial charge on any atom is -0.344 e. The molecule has 116 valence electrons. The van der Waals surface area contributed by atoms with Crippen LogP contribution in [0.2, 0.25) is 0 Å². The Balaban J connectivity index is 3.00. The molecule has 0 aliphatic carbocycles. The maximum atomic E-state index is 13.6. The number of amides is 2. The Kier molecular flexibility index (Phi) is 5.81. The molecule has 0 heterocycles. The first-order chi connectivity index (χ1) is 9.79. The van der Waals surface area contributed by atoms with Gasteiger partial charge >= 0.3 is 0 Å². The van der Waals surface area contributed by atoms with Crippen molar-refractivity contribution < 1.29 is 18.4 Å². The highest BCUT2D eigenvalue weighted by atomic mass is 19.1. The molecule has 2 amide bonds. The molecule has 0 radical (unpaired) electrons. The van der Waals surface area contributed by atoms with Crippen LogP contribution < -0.4 is 5.32 Å². The van der Waals surface area contributed by atoms with Gasteiger partial charge in [0.1, 0.15) is 23.2 Å². The van der Waals surface area contributed by atoms with E-state index in [4.69, 9.17) is 0 Å². The van der Waals surface area contributed by atoms with E-state index in [0.29, 0.717) is 6.54 Å². The fraction of sp³-hybridized carbons (Fsp3) is 0.467. The Morgan fingerprint density at radius 1 is 1.24 bits per heavy atom. The van der Waals surface area contributed by atoms with Crippen LogP contribution in [0.1, 0.15) is 31.1 Å². The van der Waals surface area contributed by atoms with Crippen molar-refractivity contribution in [1.29, 1.82) is 0 Å². The lowest BCUT2D eigenvalue weighted by molar-refractivity contribution is -0.132. The van der Waals surface area contributed by atoms with Crippen LogP contribution in [0.3, 0.4) is 0 Å². The molecule has 4 nitrogen and oxygen atoms in total. The summed E-state index contributed by atoms with van der Waals surface area (Å²) in [4.78, 5) is 25.7. The van der Waals surface area contributed by atoms with E-state index in [9.17, 15) is 18.4 Å². The maximum Gasteiger partial charge on any atom is 0.257 e. The lowest BCUT2D eigenvalue weighted by atomic mass is 10.0. The predicted molar refractivity (Wildman–Crippen MR) is 75.8 cm³/mol. The molecule has 0 aliphatic heterocycles. The van der Waals surface area contributed by atoms with E-state index in [2.05, 4.69) is 5.32 Å². The molecule has 1 aromatic carbocycles. The summed E-state index contributed by atoms with van der Waals surface area (Å²) >= 11 is 0. The number of hydrogen-bond acceptors (Lipinski definition) is 2. The third kappa shape index (κ3) is 4.00. The summed E-state index contributed by atoms with van der Waals surface area (Å²) in [6.07, 6.45) is 0. The highest BCUT2D eigenvalue weighted by Crippen LogP contribution is 2.13. The van der Waals surface area contributed by atoms with Crippen LogP contribution in [-0.4, -0.2) is 36.3 Å². The maximum absolute atomic E-state index is 13.6. The number of carbonyl (C=O) groups excluding carboxylic acids is 2. The molecule has 1 rings (SSSR count). The van der Waals surface area contributed by atoms with Gasteiger partial charge in [0.15, 0.2) is 0 Å². The normalized spacial score (nSPS) is 12.1. The molecule has 1 N–H and O–H groups in total. The van der Waals surface area contributed by atoms with Gasteiger partial charge in [0.25, 0.3) is 5.91 Å². The summed E-state index contributed by atoms with van der Waals surface area (Å²) in [5.41, 5.74) is -0.671. The summed E-state index contributed by atoms with van der Waals surface area (Å²) in [5.74, 6) is -3.33. The molecule has 0 saturated carbocycles. The van der Waals surface area contributed by atoms with E-state index in [-0.39, 0.29) is 11.8 Å². The Hall–Kier alpha value is -1.98. The average Bonchev–Trinajstić information content (AvgIpc) is 2.42. The van der Waals surface area contributed by atoms with Crippen molar-refractivity contribution in [3.63, 3.8) is 0 Å². The van der Waals surface area contributed by atoms with Crippen LogP contribution in [0, 0.1) is 17.6 Å². The van der Waals surface area contributed by atoms with Crippen LogP contribution in [0.5, 0.6) is 0 Å². The molecule has 1 atom stereocenters. The SMILES string of the molecule is CCN(C)C(=O)C(NC(=O)c1c(F)cccc1F)C(C)C. The number of likely N-dealkylation sites (N-methyl/N-ethyl adjacent to an activating group) is 1. The highest BCUT2D eigenvalue weighted by molar-refractivity contribution is 5.98. The Morgan fingerprint density at radius 3 is 2.19 bits per heavy atom. The average molecular weight is 298 g/mol. The fourth-order valence-corrected chi connectivity index (χ4v) is 1.83. The quantitative estimate of drug-likeness (QED) is 0.906. The van der Waals surface area contributed by atoms with Crippen LogP contribution in [0.25, 0.3) is 0 Å². The molecule has 1 unspecified atom stereocenters. The highest BCUT2D eigenvalue weighted by Gasteiger charge is 2.28. The Labute approximate surface area is 123 Å². The molecule has 21 heavy (non-hydrogen) atoms.